The van der Waals surface area contributed by atoms with Gasteiger partial charge < -0.3 is 21.4 Å². The summed E-state index contributed by atoms with van der Waals surface area (Å²) < 4.78 is 0. The highest BCUT2D eigenvalue weighted by Crippen LogP contribution is 1.40. The third-order valence-corrected chi connectivity index (χ3v) is 0. The Morgan fingerprint density at radius 3 is 1.62 bits per heavy atom. The molecule has 0 aliphatic heterocycles. The molecule has 0 saturated heterocycles. The molecule has 48 valence electrons. The minimum Gasteiger partial charge on any atom is -0.370 e. The van der Waals surface area contributed by atoms with Crippen molar-refractivity contribution in [1.29, 1.82) is 5.41 Å². The van der Waals surface area contributed by atoms with Gasteiger partial charge in [0, 0.05) is 0 Å². The Morgan fingerprint density at radius 1 is 1.62 bits per heavy atom. The van der Waals surface area contributed by atoms with Crippen LogP contribution in [-0.2, 0) is 0 Å². The van der Waals surface area contributed by atoms with Gasteiger partial charge in [-0.2, -0.15) is 0 Å². The number of carboxylic acid groups (broad SMARTS) is 1. The second-order valence-corrected chi connectivity index (χ2v) is 1.00. The lowest BCUT2D eigenvalue weighted by Crippen LogP contribution is -2.20. The van der Waals surface area contributed by atoms with Gasteiger partial charge in [-0.05, 0) is 0 Å². The van der Waals surface area contributed by atoms with Gasteiger partial charge in [-0.3, -0.25) is 5.41 Å². The fraction of sp³-hybridized carbons (Fsp3) is 0.333. The summed E-state index contributed by atoms with van der Waals surface area (Å²) >= 11 is 0. The van der Waals surface area contributed by atoms with E-state index in [-0.39, 0.29) is 5.96 Å². The minimum absolute atomic E-state index is 0.333. The molecule has 0 unspecified atom stereocenters. The van der Waals surface area contributed by atoms with Crippen LogP contribution >= 0.6 is 0 Å². The van der Waals surface area contributed by atoms with Gasteiger partial charge in [-0.25, -0.2) is 0 Å². The summed E-state index contributed by atoms with van der Waals surface area (Å²) in [6.45, 7) is 1.19. The molecule has 0 aromatic heterocycles. The van der Waals surface area contributed by atoms with Gasteiger partial charge in [0.25, 0.3) is 0 Å². The van der Waals surface area contributed by atoms with Crippen molar-refractivity contribution in [2.45, 2.75) is 6.92 Å². The molecule has 7 N–H and O–H groups in total. The maximum Gasteiger partial charge on any atom is 0.477 e. The zero-order chi connectivity index (χ0) is 7.15. The van der Waals surface area contributed by atoms with Gasteiger partial charge in [0.2, 0.25) is 0 Å². The molecule has 0 aliphatic carbocycles. The second kappa shape index (κ2) is 5.74. The average molecular weight is 120 g/mol. The van der Waals surface area contributed by atoms with Crippen molar-refractivity contribution in [3.63, 3.8) is 0 Å². The van der Waals surface area contributed by atoms with E-state index in [1.807, 2.05) is 0 Å². The number of hydrogen-bond acceptors (Lipinski definition) is 1. The lowest BCUT2D eigenvalue weighted by Gasteiger charge is -1.69. The number of guanidine groups is 1. The van der Waals surface area contributed by atoms with Gasteiger partial charge >= 0.3 is 5.97 Å². The maximum absolute atomic E-state index is 7.53. The molecule has 0 fully saturated rings. The van der Waals surface area contributed by atoms with E-state index in [1.54, 1.807) is 0 Å². The largest absolute Gasteiger partial charge is 0.477 e. The van der Waals surface area contributed by atoms with Crippen molar-refractivity contribution in [2.75, 3.05) is 0 Å². The molecule has 0 radical (unpaired) electrons. The topological polar surface area (TPSA) is 118 Å². The summed E-state index contributed by atoms with van der Waals surface area (Å²) in [5, 5.41) is 13.6. The van der Waals surface area contributed by atoms with Gasteiger partial charge in [0.05, 0.1) is 6.92 Å². The molecular formula is C3H10N3O2+. The van der Waals surface area contributed by atoms with Crippen molar-refractivity contribution >= 4 is 11.9 Å². The molecule has 0 atom stereocenters. The highest BCUT2D eigenvalue weighted by Gasteiger charge is 1.78. The fourth-order valence-electron chi connectivity index (χ4n) is 0. The van der Waals surface area contributed by atoms with Crippen molar-refractivity contribution in [1.82, 2.24) is 0 Å². The molecule has 0 aliphatic rings. The Morgan fingerprint density at radius 2 is 1.62 bits per heavy atom. The quantitative estimate of drug-likeness (QED) is 0.185. The Hall–Kier alpha value is -1.26. The Kier molecular flexibility index (Phi) is 7.09. The Labute approximate surface area is 46.8 Å². The van der Waals surface area contributed by atoms with E-state index < -0.39 is 5.97 Å². The number of rotatable bonds is 0. The van der Waals surface area contributed by atoms with Crippen LogP contribution in [0.3, 0.4) is 0 Å². The molecule has 0 heterocycles. The molecule has 0 aromatic carbocycles. The molecule has 0 rings (SSSR count). The van der Waals surface area contributed by atoms with Crippen LogP contribution in [-0.4, -0.2) is 21.8 Å². The van der Waals surface area contributed by atoms with Crippen molar-refractivity contribution in [3.8, 4) is 0 Å². The molecule has 0 bridgehead atoms. The van der Waals surface area contributed by atoms with Crippen LogP contribution in [0, 0.1) is 5.41 Å². The van der Waals surface area contributed by atoms with Crippen molar-refractivity contribution in [3.05, 3.63) is 0 Å². The highest BCUT2D eigenvalue weighted by molar-refractivity contribution is 5.71. The van der Waals surface area contributed by atoms with Crippen LogP contribution in [0.2, 0.25) is 0 Å². The lowest BCUT2D eigenvalue weighted by atomic mass is 10.9. The van der Waals surface area contributed by atoms with Crippen LogP contribution in [0.15, 0.2) is 0 Å². The number of aliphatic hydroxyl groups excluding tert-OH is 1. The summed E-state index contributed by atoms with van der Waals surface area (Å²) in [6, 6.07) is 0. The SMILES string of the molecule is CC(O)=[OH+].N=C(N)N. The highest BCUT2D eigenvalue weighted by atomic mass is 16.4. The number of nitrogens with two attached hydrogens (primary N) is 2. The van der Waals surface area contributed by atoms with E-state index >= 15 is 0 Å². The first-order chi connectivity index (χ1) is 3.46. The Bertz CT molecular complexity index is 70.5. The van der Waals surface area contributed by atoms with Gasteiger partial charge in [-0.15, -0.1) is 0 Å². The molecule has 5 heteroatoms. The number of aliphatic carboxylic acids is 1. The normalized spacial score (nSPS) is 6.12. The molecule has 0 amide bonds. The van der Waals surface area contributed by atoms with E-state index in [2.05, 4.69) is 11.5 Å². The predicted octanol–water partition coefficient (Wildman–Crippen LogP) is -1.09. The molecule has 8 heavy (non-hydrogen) atoms. The summed E-state index contributed by atoms with van der Waals surface area (Å²) in [7, 11) is 0. The van der Waals surface area contributed by atoms with Gasteiger partial charge in [0.15, 0.2) is 5.96 Å². The summed E-state index contributed by atoms with van der Waals surface area (Å²) in [4.78, 5) is 7.53. The standard InChI is InChI=1S/C2H4O2.CH5N3/c1-2(3)4;2-1(3)4/h1H3,(H,3,4);(H5,2,3,4)/p+1. The summed E-state index contributed by atoms with van der Waals surface area (Å²) in [6.07, 6.45) is 0. The fourth-order valence-corrected chi connectivity index (χ4v) is 0. The smallest absolute Gasteiger partial charge is 0.370 e. The maximum atomic E-state index is 7.53. The van der Waals surface area contributed by atoms with Crippen molar-refractivity contribution < 1.29 is 9.90 Å². The van der Waals surface area contributed by atoms with Gasteiger partial charge in [-0.1, -0.05) is 0 Å². The second-order valence-electron chi connectivity index (χ2n) is 1.00. The third kappa shape index (κ3) is 41.8. The van der Waals surface area contributed by atoms with Gasteiger partial charge in [0.1, 0.15) is 0 Å². The summed E-state index contributed by atoms with van der Waals surface area (Å²) in [5.41, 5.74) is 8.94. The first-order valence-corrected chi connectivity index (χ1v) is 1.77. The molecular weight excluding hydrogens is 110 g/mol. The van der Waals surface area contributed by atoms with E-state index in [4.69, 9.17) is 15.3 Å². The van der Waals surface area contributed by atoms with E-state index in [0.717, 1.165) is 0 Å². The van der Waals surface area contributed by atoms with Crippen LogP contribution in [0.25, 0.3) is 0 Å². The monoisotopic (exact) mass is 120 g/mol. The first-order valence-electron chi connectivity index (χ1n) is 1.77. The van der Waals surface area contributed by atoms with Crippen molar-refractivity contribution in [2.24, 2.45) is 11.5 Å². The van der Waals surface area contributed by atoms with Crippen LogP contribution in [0.4, 0.5) is 0 Å². The Balaban J connectivity index is 0. The zero-order valence-corrected chi connectivity index (χ0v) is 4.55. The summed E-state index contributed by atoms with van der Waals surface area (Å²) in [5.74, 6) is -0.917. The number of hydrogen-bond donors (Lipinski definition) is 4. The number of carboxylic acids is 1. The van der Waals surface area contributed by atoms with Crippen LogP contribution in [0.5, 0.6) is 0 Å². The van der Waals surface area contributed by atoms with E-state index in [0.29, 0.717) is 0 Å². The average Bonchev–Trinajstić information content (AvgIpc) is 1.25. The third-order valence-electron chi connectivity index (χ3n) is 0. The van der Waals surface area contributed by atoms with E-state index in [9.17, 15) is 0 Å². The molecule has 5 nitrogen and oxygen atoms in total. The molecule has 0 aromatic rings. The van der Waals surface area contributed by atoms with E-state index in [1.165, 1.54) is 6.92 Å². The van der Waals surface area contributed by atoms with Crippen LogP contribution < -0.4 is 11.5 Å². The lowest BCUT2D eigenvalue weighted by molar-refractivity contribution is 0.456. The first kappa shape index (κ1) is 9.88. The zero-order valence-electron chi connectivity index (χ0n) is 4.55. The minimum atomic E-state index is -0.583. The molecule has 0 spiro atoms. The predicted molar refractivity (Wildman–Crippen MR) is 31.3 cm³/mol. The van der Waals surface area contributed by atoms with Crippen LogP contribution in [0.1, 0.15) is 6.92 Å². The number of nitrogens with one attached hydrogen (secondary N) is 1. The molecule has 0 saturated carbocycles.